The highest BCUT2D eigenvalue weighted by atomic mass is 79.9. The van der Waals surface area contributed by atoms with Crippen LogP contribution in [0, 0.1) is 6.92 Å². The zero-order chi connectivity index (χ0) is 15.4. The molecular formula is C16H15BrClNOS. The van der Waals surface area contributed by atoms with Crippen molar-refractivity contribution in [3.05, 3.63) is 67.8 Å². The molecule has 0 saturated carbocycles. The number of halogens is 2. The van der Waals surface area contributed by atoms with E-state index in [0.29, 0.717) is 18.7 Å². The number of benzene rings is 1. The predicted octanol–water partition coefficient (Wildman–Crippen LogP) is 5.30. The van der Waals surface area contributed by atoms with Crippen molar-refractivity contribution in [1.82, 2.24) is 4.90 Å². The van der Waals surface area contributed by atoms with E-state index < -0.39 is 0 Å². The summed E-state index contributed by atoms with van der Waals surface area (Å²) >= 11 is 10.9. The first-order chi connectivity index (χ1) is 10.0. The molecule has 110 valence electrons. The molecule has 1 heterocycles. The Morgan fingerprint density at radius 2 is 2.19 bits per heavy atom. The molecule has 5 heteroatoms. The monoisotopic (exact) mass is 383 g/mol. The van der Waals surface area contributed by atoms with Crippen LogP contribution < -0.4 is 0 Å². The Balaban J connectivity index is 2.26. The maximum Gasteiger partial charge on any atom is 0.255 e. The van der Waals surface area contributed by atoms with Crippen molar-refractivity contribution < 1.29 is 4.79 Å². The first kappa shape index (κ1) is 16.3. The van der Waals surface area contributed by atoms with Crippen molar-refractivity contribution in [2.75, 3.05) is 6.54 Å². The average molecular weight is 385 g/mol. The third kappa shape index (κ3) is 4.19. The van der Waals surface area contributed by atoms with Gasteiger partial charge in [-0.1, -0.05) is 29.3 Å². The fourth-order valence-corrected chi connectivity index (χ4v) is 3.49. The highest BCUT2D eigenvalue weighted by molar-refractivity contribution is 9.10. The molecule has 2 rings (SSSR count). The van der Waals surface area contributed by atoms with Crippen LogP contribution in [0.3, 0.4) is 0 Å². The van der Waals surface area contributed by atoms with Gasteiger partial charge < -0.3 is 4.90 Å². The summed E-state index contributed by atoms with van der Waals surface area (Å²) < 4.78 is 1.53. The summed E-state index contributed by atoms with van der Waals surface area (Å²) in [6.07, 6.45) is 1.73. The van der Waals surface area contributed by atoms with Gasteiger partial charge >= 0.3 is 0 Å². The van der Waals surface area contributed by atoms with Crippen LogP contribution in [0.4, 0.5) is 0 Å². The van der Waals surface area contributed by atoms with E-state index in [4.69, 9.17) is 11.6 Å². The van der Waals surface area contributed by atoms with Crippen LogP contribution in [0.5, 0.6) is 0 Å². The first-order valence-electron chi connectivity index (χ1n) is 6.42. The Bertz CT molecular complexity index is 668. The van der Waals surface area contributed by atoms with E-state index in [0.717, 1.165) is 19.2 Å². The van der Waals surface area contributed by atoms with Crippen LogP contribution in [0.1, 0.15) is 20.8 Å². The molecule has 0 radical (unpaired) electrons. The Hall–Kier alpha value is -1.10. The zero-order valence-corrected chi connectivity index (χ0v) is 14.8. The van der Waals surface area contributed by atoms with E-state index in [1.807, 2.05) is 37.3 Å². The third-order valence-corrected chi connectivity index (χ3v) is 4.87. The normalized spacial score (nSPS) is 10.4. The fourth-order valence-electron chi connectivity index (χ4n) is 1.97. The molecule has 0 fully saturated rings. The second-order valence-corrected chi connectivity index (χ2v) is 7.32. The Morgan fingerprint density at radius 1 is 1.43 bits per heavy atom. The number of thiophene rings is 1. The lowest BCUT2D eigenvalue weighted by atomic mass is 10.1. The van der Waals surface area contributed by atoms with E-state index in [1.54, 1.807) is 11.0 Å². The molecule has 0 aliphatic carbocycles. The number of hydrogen-bond acceptors (Lipinski definition) is 2. The Kier molecular flexibility index (Phi) is 5.62. The van der Waals surface area contributed by atoms with Gasteiger partial charge in [-0.05, 0) is 47.1 Å². The van der Waals surface area contributed by atoms with E-state index in [1.165, 1.54) is 11.3 Å². The SMILES string of the molecule is C=CCN(Cc1ccc(Cl)s1)C(=O)c1cc(C)ccc1Br. The van der Waals surface area contributed by atoms with Gasteiger partial charge in [-0.25, -0.2) is 0 Å². The van der Waals surface area contributed by atoms with Crippen molar-refractivity contribution in [2.24, 2.45) is 0 Å². The lowest BCUT2D eigenvalue weighted by Gasteiger charge is -2.21. The molecule has 0 unspecified atom stereocenters. The van der Waals surface area contributed by atoms with Crippen molar-refractivity contribution >= 4 is 44.8 Å². The second kappa shape index (κ2) is 7.25. The van der Waals surface area contributed by atoms with Crippen LogP contribution >= 0.6 is 38.9 Å². The molecule has 0 spiro atoms. The number of amides is 1. The summed E-state index contributed by atoms with van der Waals surface area (Å²) in [5.41, 5.74) is 1.72. The number of rotatable bonds is 5. The lowest BCUT2D eigenvalue weighted by molar-refractivity contribution is 0.0763. The van der Waals surface area contributed by atoms with Crippen molar-refractivity contribution in [3.8, 4) is 0 Å². The minimum atomic E-state index is -0.0185. The molecule has 1 aromatic carbocycles. The topological polar surface area (TPSA) is 20.3 Å². The van der Waals surface area contributed by atoms with Crippen LogP contribution in [-0.4, -0.2) is 17.4 Å². The Morgan fingerprint density at radius 3 is 2.81 bits per heavy atom. The predicted molar refractivity (Wildman–Crippen MR) is 93.1 cm³/mol. The average Bonchev–Trinajstić information content (AvgIpc) is 2.86. The molecule has 1 aromatic heterocycles. The molecule has 1 amide bonds. The Labute approximate surface area is 142 Å². The van der Waals surface area contributed by atoms with Gasteiger partial charge in [0.25, 0.3) is 5.91 Å². The molecule has 0 atom stereocenters. The largest absolute Gasteiger partial charge is 0.330 e. The zero-order valence-electron chi connectivity index (χ0n) is 11.6. The molecule has 0 aliphatic heterocycles. The lowest BCUT2D eigenvalue weighted by Crippen LogP contribution is -2.30. The van der Waals surface area contributed by atoms with Crippen LogP contribution in [0.25, 0.3) is 0 Å². The summed E-state index contributed by atoms with van der Waals surface area (Å²) in [4.78, 5) is 15.6. The highest BCUT2D eigenvalue weighted by Gasteiger charge is 2.18. The second-order valence-electron chi connectivity index (χ2n) is 4.66. The summed E-state index contributed by atoms with van der Waals surface area (Å²) in [7, 11) is 0. The number of aryl methyl sites for hydroxylation is 1. The molecule has 0 bridgehead atoms. The number of hydrogen-bond donors (Lipinski definition) is 0. The first-order valence-corrected chi connectivity index (χ1v) is 8.40. The quantitative estimate of drug-likeness (QED) is 0.640. The van der Waals surface area contributed by atoms with E-state index in [2.05, 4.69) is 22.5 Å². The highest BCUT2D eigenvalue weighted by Crippen LogP contribution is 2.25. The summed E-state index contributed by atoms with van der Waals surface area (Å²) in [5, 5.41) is 0. The maximum atomic E-state index is 12.7. The third-order valence-electron chi connectivity index (χ3n) is 2.96. The molecule has 21 heavy (non-hydrogen) atoms. The van der Waals surface area contributed by atoms with Crippen molar-refractivity contribution in [2.45, 2.75) is 13.5 Å². The van der Waals surface area contributed by atoms with Gasteiger partial charge in [0.15, 0.2) is 0 Å². The van der Waals surface area contributed by atoms with E-state index >= 15 is 0 Å². The van der Waals surface area contributed by atoms with E-state index in [-0.39, 0.29) is 5.91 Å². The van der Waals surface area contributed by atoms with Gasteiger partial charge in [0, 0.05) is 15.9 Å². The molecular weight excluding hydrogens is 370 g/mol. The molecule has 2 aromatic rings. The minimum absolute atomic E-state index is 0.0185. The standard InChI is InChI=1S/C16H15BrClNOS/c1-3-8-19(10-12-5-7-15(18)21-12)16(20)13-9-11(2)4-6-14(13)17/h3-7,9H,1,8,10H2,2H3. The molecule has 0 N–H and O–H groups in total. The van der Waals surface area contributed by atoms with Crippen LogP contribution in [0.15, 0.2) is 47.5 Å². The summed E-state index contributed by atoms with van der Waals surface area (Å²) in [5.74, 6) is -0.0185. The van der Waals surface area contributed by atoms with Crippen molar-refractivity contribution in [1.29, 1.82) is 0 Å². The van der Waals surface area contributed by atoms with Gasteiger partial charge in [-0.15, -0.1) is 17.9 Å². The van der Waals surface area contributed by atoms with Crippen LogP contribution in [-0.2, 0) is 6.54 Å². The van der Waals surface area contributed by atoms with Crippen LogP contribution in [0.2, 0.25) is 4.34 Å². The minimum Gasteiger partial charge on any atom is -0.330 e. The molecule has 0 saturated heterocycles. The molecule has 0 aliphatic rings. The number of nitrogens with zero attached hydrogens (tertiary/aromatic N) is 1. The summed E-state index contributed by atoms with van der Waals surface area (Å²) in [6, 6.07) is 9.56. The van der Waals surface area contributed by atoms with Gasteiger partial charge in [-0.2, -0.15) is 0 Å². The van der Waals surface area contributed by atoms with Gasteiger partial charge in [0.2, 0.25) is 0 Å². The van der Waals surface area contributed by atoms with Gasteiger partial charge in [0.05, 0.1) is 16.4 Å². The van der Waals surface area contributed by atoms with Gasteiger partial charge in [0.1, 0.15) is 0 Å². The van der Waals surface area contributed by atoms with Crippen molar-refractivity contribution in [3.63, 3.8) is 0 Å². The number of carbonyl (C=O) groups excluding carboxylic acids is 1. The molecule has 2 nitrogen and oxygen atoms in total. The fraction of sp³-hybridized carbons (Fsp3) is 0.188. The number of carbonyl (C=O) groups is 1. The maximum absolute atomic E-state index is 12.7. The summed E-state index contributed by atoms with van der Waals surface area (Å²) in [6.45, 7) is 6.73. The smallest absolute Gasteiger partial charge is 0.255 e. The van der Waals surface area contributed by atoms with E-state index in [9.17, 15) is 4.79 Å². The van der Waals surface area contributed by atoms with Gasteiger partial charge in [-0.3, -0.25) is 4.79 Å².